The van der Waals surface area contributed by atoms with Crippen molar-refractivity contribution in [1.29, 1.82) is 0 Å². The Hall–Kier alpha value is -2.94. The molecule has 2 aliphatic carbocycles. The number of rotatable bonds is 2. The van der Waals surface area contributed by atoms with Gasteiger partial charge in [0.1, 0.15) is 0 Å². The lowest BCUT2D eigenvalue weighted by Crippen LogP contribution is -2.33. The van der Waals surface area contributed by atoms with Crippen LogP contribution in [0.4, 0.5) is 5.69 Å². The van der Waals surface area contributed by atoms with Gasteiger partial charge in [-0.15, -0.1) is 0 Å². The minimum atomic E-state index is -0.258. The zero-order valence-electron chi connectivity index (χ0n) is 14.5. The van der Waals surface area contributed by atoms with Gasteiger partial charge < -0.3 is 0 Å². The maximum absolute atomic E-state index is 13.1. The summed E-state index contributed by atoms with van der Waals surface area (Å²) in [6.07, 6.45) is 4.26. The second-order valence-corrected chi connectivity index (χ2v) is 7.28. The number of nitrogens with zero attached hydrogens (tertiary/aromatic N) is 1. The van der Waals surface area contributed by atoms with E-state index in [1.165, 1.54) is 21.6 Å². The predicted molar refractivity (Wildman–Crippen MR) is 101 cm³/mol. The summed E-state index contributed by atoms with van der Waals surface area (Å²) in [5.74, 6) is -0.550. The van der Waals surface area contributed by atoms with Crippen molar-refractivity contribution < 1.29 is 9.59 Å². The number of amides is 2. The van der Waals surface area contributed by atoms with Crippen molar-refractivity contribution in [3.8, 4) is 0 Å². The minimum absolute atomic E-state index is 0.0374. The zero-order chi connectivity index (χ0) is 17.8. The third-order valence-corrected chi connectivity index (χ3v) is 6.07. The monoisotopic (exact) mass is 341 g/mol. The topological polar surface area (TPSA) is 37.4 Å². The van der Waals surface area contributed by atoms with Gasteiger partial charge in [0.25, 0.3) is 0 Å². The second kappa shape index (κ2) is 5.53. The normalized spacial score (nSPS) is 30.9. The first-order chi connectivity index (χ1) is 12.7. The summed E-state index contributed by atoms with van der Waals surface area (Å²) in [4.78, 5) is 27.7. The highest BCUT2D eigenvalue weighted by molar-refractivity contribution is 6.23. The van der Waals surface area contributed by atoms with E-state index < -0.39 is 0 Å². The van der Waals surface area contributed by atoms with Crippen molar-refractivity contribution in [3.63, 3.8) is 0 Å². The molecule has 2 fully saturated rings. The van der Waals surface area contributed by atoms with Gasteiger partial charge in [-0.2, -0.15) is 0 Å². The lowest BCUT2D eigenvalue weighted by atomic mass is 9.85. The van der Waals surface area contributed by atoms with Crippen LogP contribution in [0.15, 0.2) is 78.4 Å². The van der Waals surface area contributed by atoms with Crippen molar-refractivity contribution in [3.05, 3.63) is 84.0 Å². The van der Waals surface area contributed by atoms with Crippen molar-refractivity contribution in [1.82, 2.24) is 0 Å². The maximum Gasteiger partial charge on any atom is 0.238 e. The fourth-order valence-corrected chi connectivity index (χ4v) is 4.95. The molecule has 0 N–H and O–H groups in total. The van der Waals surface area contributed by atoms with Crippen LogP contribution in [0, 0.1) is 23.7 Å². The number of anilines is 1. The summed E-state index contributed by atoms with van der Waals surface area (Å²) in [6, 6.07) is 19.5. The molecule has 2 aromatic rings. The van der Waals surface area contributed by atoms with Crippen molar-refractivity contribution in [2.45, 2.75) is 6.92 Å². The molecule has 0 unspecified atom stereocenters. The Balaban J connectivity index is 1.57. The average molecular weight is 341 g/mol. The largest absolute Gasteiger partial charge is 0.274 e. The van der Waals surface area contributed by atoms with Crippen LogP contribution >= 0.6 is 0 Å². The molecule has 5 rings (SSSR count). The molecule has 0 aromatic heterocycles. The summed E-state index contributed by atoms with van der Waals surface area (Å²) in [5, 5.41) is 0. The van der Waals surface area contributed by atoms with Crippen LogP contribution in [0.2, 0.25) is 0 Å². The Morgan fingerprint density at radius 2 is 1.27 bits per heavy atom. The molecule has 0 radical (unpaired) electrons. The molecule has 3 heteroatoms. The number of hydrogen-bond acceptors (Lipinski definition) is 2. The van der Waals surface area contributed by atoms with Crippen molar-refractivity contribution >= 4 is 23.1 Å². The van der Waals surface area contributed by atoms with Crippen LogP contribution < -0.4 is 4.90 Å². The van der Waals surface area contributed by atoms with Gasteiger partial charge in [0.05, 0.1) is 17.5 Å². The summed E-state index contributed by atoms with van der Waals surface area (Å²) in [7, 11) is 0. The first-order valence-corrected chi connectivity index (χ1v) is 9.06. The van der Waals surface area contributed by atoms with Gasteiger partial charge in [-0.1, -0.05) is 66.3 Å². The fraction of sp³-hybridized carbons (Fsp3) is 0.217. The van der Waals surface area contributed by atoms with Gasteiger partial charge in [0.15, 0.2) is 0 Å². The van der Waals surface area contributed by atoms with Crippen LogP contribution in [-0.2, 0) is 9.59 Å². The standard InChI is InChI=1S/C23H19NO2/c1-14(15-8-4-2-5-9-15)19-17-12-13-18(19)21-20(17)22(25)24(23(21)26)16-10-6-3-7-11-16/h2-13,17-18,20-21H,1H3/t17-,18+,20-,21+. The van der Waals surface area contributed by atoms with Crippen LogP contribution in [0.3, 0.4) is 0 Å². The molecule has 1 saturated heterocycles. The van der Waals surface area contributed by atoms with Crippen LogP contribution in [0.5, 0.6) is 0 Å². The molecular weight excluding hydrogens is 322 g/mol. The highest BCUT2D eigenvalue weighted by Gasteiger charge is 2.62. The van der Waals surface area contributed by atoms with E-state index in [9.17, 15) is 9.59 Å². The first-order valence-electron chi connectivity index (χ1n) is 9.06. The number of imide groups is 1. The lowest BCUT2D eigenvalue weighted by Gasteiger charge is -2.20. The molecule has 2 amide bonds. The van der Waals surface area contributed by atoms with E-state index in [1.54, 1.807) is 0 Å². The van der Waals surface area contributed by atoms with Crippen LogP contribution in [0.1, 0.15) is 12.5 Å². The molecule has 1 aliphatic heterocycles. The average Bonchev–Trinajstić information content (AvgIpc) is 3.32. The number of carbonyl (C=O) groups is 2. The molecule has 26 heavy (non-hydrogen) atoms. The van der Waals surface area contributed by atoms with E-state index in [-0.39, 0.29) is 35.5 Å². The maximum atomic E-state index is 13.1. The highest BCUT2D eigenvalue weighted by Crippen LogP contribution is 2.58. The molecule has 2 bridgehead atoms. The number of carbonyl (C=O) groups excluding carboxylic acids is 2. The molecule has 128 valence electrons. The summed E-state index contributed by atoms with van der Waals surface area (Å²) in [5.41, 5.74) is 4.30. The van der Waals surface area contributed by atoms with E-state index in [0.29, 0.717) is 5.69 Å². The smallest absolute Gasteiger partial charge is 0.238 e. The number of benzene rings is 2. The summed E-state index contributed by atoms with van der Waals surface area (Å²) in [6.45, 7) is 2.11. The number of para-hydroxylation sites is 1. The van der Waals surface area contributed by atoms with E-state index >= 15 is 0 Å². The molecule has 1 saturated carbocycles. The van der Waals surface area contributed by atoms with E-state index in [0.717, 1.165) is 0 Å². The Morgan fingerprint density at radius 3 is 1.81 bits per heavy atom. The molecule has 3 nitrogen and oxygen atoms in total. The lowest BCUT2D eigenvalue weighted by molar-refractivity contribution is -0.122. The molecular formula is C23H19NO2. The SMILES string of the molecule is CC(=C1[C@H]2C=C[C@@H]1[C@@H]1C(=O)N(c3ccccc3)C(=O)[C@@H]12)c1ccccc1. The van der Waals surface area contributed by atoms with Crippen LogP contribution in [-0.4, -0.2) is 11.8 Å². The fourth-order valence-electron chi connectivity index (χ4n) is 4.95. The highest BCUT2D eigenvalue weighted by atomic mass is 16.2. The van der Waals surface area contributed by atoms with E-state index in [4.69, 9.17) is 0 Å². The van der Waals surface area contributed by atoms with Gasteiger partial charge in [-0.3, -0.25) is 9.59 Å². The van der Waals surface area contributed by atoms with E-state index in [1.807, 2.05) is 48.5 Å². The molecule has 0 spiro atoms. The summed E-state index contributed by atoms with van der Waals surface area (Å²) >= 11 is 0. The number of hydrogen-bond donors (Lipinski definition) is 0. The first kappa shape index (κ1) is 15.3. The quantitative estimate of drug-likeness (QED) is 0.610. The third kappa shape index (κ3) is 1.94. The Morgan fingerprint density at radius 1 is 0.769 bits per heavy atom. The Bertz CT molecular complexity index is 924. The van der Waals surface area contributed by atoms with Crippen LogP contribution in [0.25, 0.3) is 5.57 Å². The van der Waals surface area contributed by atoms with Crippen molar-refractivity contribution in [2.24, 2.45) is 23.7 Å². The van der Waals surface area contributed by atoms with E-state index in [2.05, 4.69) is 31.2 Å². The molecule has 3 aliphatic rings. The van der Waals surface area contributed by atoms with Gasteiger partial charge in [-0.05, 0) is 30.2 Å². The zero-order valence-corrected chi connectivity index (χ0v) is 14.5. The number of fused-ring (bicyclic) bond motifs is 5. The number of allylic oxidation sites excluding steroid dienone is 4. The van der Waals surface area contributed by atoms with Gasteiger partial charge in [-0.25, -0.2) is 4.90 Å². The third-order valence-electron chi connectivity index (χ3n) is 6.07. The Labute approximate surface area is 152 Å². The molecule has 4 atom stereocenters. The molecule has 2 aromatic carbocycles. The van der Waals surface area contributed by atoms with Gasteiger partial charge in [0, 0.05) is 11.8 Å². The second-order valence-electron chi connectivity index (χ2n) is 7.28. The summed E-state index contributed by atoms with van der Waals surface area (Å²) < 4.78 is 0. The van der Waals surface area contributed by atoms with Crippen molar-refractivity contribution in [2.75, 3.05) is 4.90 Å². The van der Waals surface area contributed by atoms with Gasteiger partial charge >= 0.3 is 0 Å². The predicted octanol–water partition coefficient (Wildman–Crippen LogP) is 4.08. The Kier molecular flexibility index (Phi) is 3.26. The van der Waals surface area contributed by atoms with Gasteiger partial charge in [0.2, 0.25) is 11.8 Å². The molecule has 1 heterocycles. The minimum Gasteiger partial charge on any atom is -0.274 e.